The van der Waals surface area contributed by atoms with Gasteiger partial charge in [-0.1, -0.05) is 33.1 Å². The summed E-state index contributed by atoms with van der Waals surface area (Å²) in [6.07, 6.45) is 12.5. The Bertz CT molecular complexity index is 459. The highest BCUT2D eigenvalue weighted by atomic mass is 16.3. The third kappa shape index (κ3) is 2.52. The molecule has 0 aliphatic heterocycles. The van der Waals surface area contributed by atoms with E-state index in [0.717, 1.165) is 25.0 Å². The summed E-state index contributed by atoms with van der Waals surface area (Å²) in [4.78, 5) is 0. The lowest BCUT2D eigenvalue weighted by atomic mass is 9.75. The largest absolute Gasteiger partial charge is 0.389 e. The van der Waals surface area contributed by atoms with E-state index in [9.17, 15) is 5.11 Å². The zero-order valence-corrected chi connectivity index (χ0v) is 12.9. The molecular formula is C17H28N2O. The van der Waals surface area contributed by atoms with E-state index < -0.39 is 5.60 Å². The quantitative estimate of drug-likeness (QED) is 0.910. The fourth-order valence-corrected chi connectivity index (χ4v) is 4.04. The predicted octanol–water partition coefficient (Wildman–Crippen LogP) is 3.87. The summed E-state index contributed by atoms with van der Waals surface area (Å²) in [7, 11) is 0. The molecular weight excluding hydrogens is 248 g/mol. The van der Waals surface area contributed by atoms with Crippen molar-refractivity contribution in [1.82, 2.24) is 9.78 Å². The molecule has 2 aliphatic carbocycles. The number of hydrogen-bond acceptors (Lipinski definition) is 2. The molecule has 1 aromatic heterocycles. The van der Waals surface area contributed by atoms with Crippen LogP contribution in [-0.4, -0.2) is 20.5 Å². The molecule has 0 radical (unpaired) electrons. The van der Waals surface area contributed by atoms with Crippen LogP contribution in [0.3, 0.4) is 0 Å². The Balaban J connectivity index is 1.71. The van der Waals surface area contributed by atoms with E-state index in [1.807, 2.05) is 0 Å². The van der Waals surface area contributed by atoms with E-state index in [1.165, 1.54) is 32.1 Å². The maximum absolute atomic E-state index is 10.9. The molecule has 112 valence electrons. The highest BCUT2D eigenvalue weighted by molar-refractivity contribution is 5.10. The molecule has 20 heavy (non-hydrogen) atoms. The first-order valence-electron chi connectivity index (χ1n) is 8.27. The van der Waals surface area contributed by atoms with Gasteiger partial charge in [-0.15, -0.1) is 0 Å². The first kappa shape index (κ1) is 14.1. The minimum Gasteiger partial charge on any atom is -0.389 e. The zero-order chi connectivity index (χ0) is 14.2. The van der Waals surface area contributed by atoms with Crippen LogP contribution in [0, 0.1) is 5.41 Å². The van der Waals surface area contributed by atoms with Gasteiger partial charge >= 0.3 is 0 Å². The van der Waals surface area contributed by atoms with Crippen LogP contribution in [0.5, 0.6) is 0 Å². The second kappa shape index (κ2) is 5.18. The van der Waals surface area contributed by atoms with E-state index in [1.54, 1.807) is 0 Å². The first-order chi connectivity index (χ1) is 9.50. The number of hydrogen-bond donors (Lipinski definition) is 1. The Kier molecular flexibility index (Phi) is 3.65. The smallest absolute Gasteiger partial charge is 0.0754 e. The van der Waals surface area contributed by atoms with Crippen LogP contribution in [0.25, 0.3) is 0 Å². The van der Waals surface area contributed by atoms with Crippen LogP contribution in [0.15, 0.2) is 12.3 Å². The van der Waals surface area contributed by atoms with Crippen LogP contribution in [0.2, 0.25) is 0 Å². The molecule has 0 spiro atoms. The topological polar surface area (TPSA) is 38.0 Å². The summed E-state index contributed by atoms with van der Waals surface area (Å²) in [5, 5.41) is 15.7. The van der Waals surface area contributed by atoms with Crippen LogP contribution >= 0.6 is 0 Å². The Hall–Kier alpha value is -0.830. The van der Waals surface area contributed by atoms with Crippen LogP contribution in [0.1, 0.15) is 76.9 Å². The van der Waals surface area contributed by atoms with Crippen molar-refractivity contribution in [2.24, 2.45) is 5.41 Å². The van der Waals surface area contributed by atoms with Crippen molar-refractivity contribution in [2.75, 3.05) is 0 Å². The molecule has 1 N–H and O–H groups in total. The molecule has 0 bridgehead atoms. The minimum atomic E-state index is -0.571. The van der Waals surface area contributed by atoms with E-state index in [4.69, 9.17) is 5.10 Å². The summed E-state index contributed by atoms with van der Waals surface area (Å²) in [5.74, 6) is 0. The summed E-state index contributed by atoms with van der Waals surface area (Å²) in [6.45, 7) is 4.39. The molecule has 1 unspecified atom stereocenters. The van der Waals surface area contributed by atoms with Crippen molar-refractivity contribution in [2.45, 2.75) is 83.3 Å². The Labute approximate surface area is 122 Å². The fraction of sp³-hybridized carbons (Fsp3) is 0.824. The van der Waals surface area contributed by atoms with Gasteiger partial charge in [0.2, 0.25) is 0 Å². The predicted molar refractivity (Wildman–Crippen MR) is 80.6 cm³/mol. The van der Waals surface area contributed by atoms with Crippen LogP contribution < -0.4 is 0 Å². The number of rotatable bonds is 3. The third-order valence-corrected chi connectivity index (χ3v) is 5.74. The monoisotopic (exact) mass is 276 g/mol. The van der Waals surface area contributed by atoms with E-state index in [-0.39, 0.29) is 5.41 Å². The average Bonchev–Trinajstić information content (AvgIpc) is 2.97. The summed E-state index contributed by atoms with van der Waals surface area (Å²) < 4.78 is 2.15. The summed E-state index contributed by atoms with van der Waals surface area (Å²) in [5.41, 5.74) is 0.508. The van der Waals surface area contributed by atoms with E-state index in [0.29, 0.717) is 12.5 Å². The third-order valence-electron chi connectivity index (χ3n) is 5.74. The van der Waals surface area contributed by atoms with Gasteiger partial charge in [-0.05, 0) is 43.6 Å². The number of nitrogens with zero attached hydrogens (tertiary/aromatic N) is 2. The summed E-state index contributed by atoms with van der Waals surface area (Å²) in [6, 6.07) is 2.70. The maximum Gasteiger partial charge on any atom is 0.0754 e. The lowest BCUT2D eigenvalue weighted by Gasteiger charge is -2.36. The van der Waals surface area contributed by atoms with Gasteiger partial charge in [-0.2, -0.15) is 5.10 Å². The Morgan fingerprint density at radius 3 is 2.60 bits per heavy atom. The van der Waals surface area contributed by atoms with E-state index in [2.05, 4.69) is 30.8 Å². The minimum absolute atomic E-state index is 0.0155. The Morgan fingerprint density at radius 1 is 1.20 bits per heavy atom. The van der Waals surface area contributed by atoms with Gasteiger partial charge in [-0.3, -0.25) is 4.68 Å². The maximum atomic E-state index is 10.9. The van der Waals surface area contributed by atoms with Crippen molar-refractivity contribution in [3.63, 3.8) is 0 Å². The van der Waals surface area contributed by atoms with Crippen molar-refractivity contribution in [3.8, 4) is 0 Å². The molecule has 0 saturated heterocycles. The molecule has 0 amide bonds. The molecule has 2 saturated carbocycles. The van der Waals surface area contributed by atoms with Crippen molar-refractivity contribution in [3.05, 3.63) is 18.0 Å². The SMILES string of the molecule is CC1(C)CCCC1(O)Cc1ccn(C2CCCCC2)n1. The van der Waals surface area contributed by atoms with Gasteiger partial charge in [0, 0.05) is 12.6 Å². The molecule has 1 atom stereocenters. The highest BCUT2D eigenvalue weighted by Crippen LogP contribution is 2.47. The van der Waals surface area contributed by atoms with Gasteiger partial charge in [0.15, 0.2) is 0 Å². The molecule has 2 fully saturated rings. The number of aromatic nitrogens is 2. The van der Waals surface area contributed by atoms with Gasteiger partial charge in [0.05, 0.1) is 17.3 Å². The molecule has 2 aliphatic rings. The first-order valence-corrected chi connectivity index (χ1v) is 8.27. The van der Waals surface area contributed by atoms with Crippen molar-refractivity contribution in [1.29, 1.82) is 0 Å². The van der Waals surface area contributed by atoms with E-state index >= 15 is 0 Å². The normalized spacial score (nSPS) is 30.8. The molecule has 1 aromatic rings. The van der Waals surface area contributed by atoms with Crippen LogP contribution in [0.4, 0.5) is 0 Å². The lowest BCUT2D eigenvalue weighted by Crippen LogP contribution is -2.42. The van der Waals surface area contributed by atoms with Gasteiger partial charge in [-0.25, -0.2) is 0 Å². The average molecular weight is 276 g/mol. The van der Waals surface area contributed by atoms with Crippen LogP contribution in [-0.2, 0) is 6.42 Å². The lowest BCUT2D eigenvalue weighted by molar-refractivity contribution is -0.0427. The number of aliphatic hydroxyl groups is 1. The zero-order valence-electron chi connectivity index (χ0n) is 12.9. The molecule has 3 rings (SSSR count). The van der Waals surface area contributed by atoms with Crippen molar-refractivity contribution >= 4 is 0 Å². The van der Waals surface area contributed by atoms with Gasteiger partial charge in [0.1, 0.15) is 0 Å². The van der Waals surface area contributed by atoms with Crippen molar-refractivity contribution < 1.29 is 5.11 Å². The van der Waals surface area contributed by atoms with Gasteiger partial charge in [0.25, 0.3) is 0 Å². The molecule has 0 aromatic carbocycles. The molecule has 3 heteroatoms. The Morgan fingerprint density at radius 2 is 1.95 bits per heavy atom. The standard InChI is InChI=1S/C17H28N2O/c1-16(2)10-6-11-17(16,20)13-14-9-12-19(18-14)15-7-4-3-5-8-15/h9,12,15,20H,3-8,10-11,13H2,1-2H3. The second-order valence-electron chi connectivity index (χ2n) is 7.52. The molecule has 3 nitrogen and oxygen atoms in total. The van der Waals surface area contributed by atoms with Gasteiger partial charge < -0.3 is 5.11 Å². The fourth-order valence-electron chi connectivity index (χ4n) is 4.04. The highest BCUT2D eigenvalue weighted by Gasteiger charge is 2.47. The summed E-state index contributed by atoms with van der Waals surface area (Å²) >= 11 is 0. The molecule has 1 heterocycles. The second-order valence-corrected chi connectivity index (χ2v) is 7.52.